The number of anilines is 2. The summed E-state index contributed by atoms with van der Waals surface area (Å²) in [6.07, 6.45) is 24.1. The van der Waals surface area contributed by atoms with Gasteiger partial charge in [0.1, 0.15) is 11.6 Å². The molecule has 4 heterocycles. The van der Waals surface area contributed by atoms with Crippen molar-refractivity contribution in [2.75, 3.05) is 69.3 Å². The average Bonchev–Trinajstić information content (AvgIpc) is 4.24. The highest BCUT2D eigenvalue weighted by molar-refractivity contribution is 6.09. The lowest BCUT2D eigenvalue weighted by molar-refractivity contribution is -0.142. The van der Waals surface area contributed by atoms with Crippen LogP contribution in [0.1, 0.15) is 175 Å². The first-order valence-corrected chi connectivity index (χ1v) is 29.4. The Morgan fingerprint density at radius 1 is 0.812 bits per heavy atom. The van der Waals surface area contributed by atoms with Crippen molar-refractivity contribution in [1.29, 1.82) is 0 Å². The average molecular weight is 1110 g/mol. The van der Waals surface area contributed by atoms with Crippen LogP contribution in [0.2, 0.25) is 0 Å². The number of pyridine rings is 2. The van der Waals surface area contributed by atoms with Crippen LogP contribution in [0.5, 0.6) is 11.6 Å². The van der Waals surface area contributed by atoms with Crippen LogP contribution in [0.3, 0.4) is 0 Å². The number of carbonyl (C=O) groups excluding carboxylic acids is 2. The Hall–Kier alpha value is -6.63. The van der Waals surface area contributed by atoms with Crippen molar-refractivity contribution in [2.45, 2.75) is 168 Å². The number of carboxylic acids is 3. The van der Waals surface area contributed by atoms with E-state index in [1.165, 1.54) is 49.8 Å². The first-order chi connectivity index (χ1) is 38.5. The van der Waals surface area contributed by atoms with Gasteiger partial charge in [0.05, 0.1) is 50.2 Å². The van der Waals surface area contributed by atoms with Crippen LogP contribution in [-0.2, 0) is 32.1 Å². The van der Waals surface area contributed by atoms with Crippen LogP contribution in [0, 0.1) is 24.2 Å². The quantitative estimate of drug-likeness (QED) is 0.0304. The summed E-state index contributed by atoms with van der Waals surface area (Å²) in [6.45, 7) is 9.41. The first-order valence-electron chi connectivity index (χ1n) is 29.4. The van der Waals surface area contributed by atoms with Crippen LogP contribution >= 0.6 is 0 Å². The van der Waals surface area contributed by atoms with E-state index in [4.69, 9.17) is 24.7 Å². The summed E-state index contributed by atoms with van der Waals surface area (Å²) in [5.41, 5.74) is 3.92. The zero-order chi connectivity index (χ0) is 57.3. The maximum absolute atomic E-state index is 15.0. The fraction of sp³-hybridized carbons (Fsp3) is 0.623. The summed E-state index contributed by atoms with van der Waals surface area (Å²) in [6, 6.07) is 15.3. The van der Waals surface area contributed by atoms with Gasteiger partial charge < -0.3 is 35.0 Å². The molecule has 4 aromatic rings. The standard InChI is InChI=1S/C61H89N9O10/c1-45-19-17-21-54(64-45)70(60(78)51-26-25-50(79-4)38-53(51)68-34-28-46(29-35-68)43-80-56-37-48(27-32-63-56)52(39-57(72)73)47-23-24-47)44-61(2,3)30-36-69-40-49(65-66-69)20-15-13-11-9-7-5-6-8-10-12-14-16-22-55(71)62-31-18-33-67(41-58(74)75)42-59(76)77/h17,19,21,25-27,32,37-38,40,46-47,52H,5-16,18,20,22-24,28-31,33-36,39,41-44H2,1-4H3,(H,62,71)(H,72,73)(H,74,75)(H,76,77)/t52-/m0/s1. The highest BCUT2D eigenvalue weighted by Gasteiger charge is 2.35. The van der Waals surface area contributed by atoms with E-state index in [9.17, 15) is 24.3 Å². The van der Waals surface area contributed by atoms with Gasteiger partial charge in [0.2, 0.25) is 11.8 Å². The van der Waals surface area contributed by atoms with E-state index in [0.717, 1.165) is 106 Å². The molecule has 3 aromatic heterocycles. The minimum atomic E-state index is -1.07. The number of piperidine rings is 1. The monoisotopic (exact) mass is 1110 g/mol. The number of carboxylic acid groups (broad SMARTS) is 3. The lowest BCUT2D eigenvalue weighted by Crippen LogP contribution is -2.42. The van der Waals surface area contributed by atoms with Gasteiger partial charge in [0.25, 0.3) is 5.91 Å². The van der Waals surface area contributed by atoms with Gasteiger partial charge in [0, 0.05) is 75.9 Å². The van der Waals surface area contributed by atoms with E-state index in [-0.39, 0.29) is 48.6 Å². The third kappa shape index (κ3) is 22.1. The number of aromatic nitrogens is 5. The molecule has 438 valence electrons. The molecule has 2 amide bonds. The molecule has 0 bridgehead atoms. The molecule has 4 N–H and O–H groups in total. The Morgan fingerprint density at radius 3 is 2.12 bits per heavy atom. The number of methoxy groups -OCH3 is 1. The van der Waals surface area contributed by atoms with Gasteiger partial charge in [-0.2, -0.15) is 0 Å². The topological polar surface area (TPSA) is 243 Å². The summed E-state index contributed by atoms with van der Waals surface area (Å²) < 4.78 is 13.9. The van der Waals surface area contributed by atoms with Gasteiger partial charge >= 0.3 is 17.9 Å². The maximum Gasteiger partial charge on any atom is 0.317 e. The molecule has 1 saturated heterocycles. The van der Waals surface area contributed by atoms with Crippen molar-refractivity contribution < 1.29 is 48.8 Å². The number of amides is 2. The van der Waals surface area contributed by atoms with Crippen molar-refractivity contribution in [1.82, 2.24) is 35.2 Å². The van der Waals surface area contributed by atoms with Gasteiger partial charge in [-0.25, -0.2) is 9.97 Å². The second-order valence-electron chi connectivity index (χ2n) is 23.0. The van der Waals surface area contributed by atoms with Gasteiger partial charge in [-0.15, -0.1) is 5.10 Å². The Bertz CT molecular complexity index is 2560. The lowest BCUT2D eigenvalue weighted by Gasteiger charge is -2.36. The SMILES string of the molecule is COc1ccc(C(=O)N(CC(C)(C)CCn2cc(CCCCCCCCCCCCCCC(=O)NCCCN(CC(=O)O)CC(=O)O)nn2)c2cccc(C)n2)c(N2CCC(COc3cc([C@@H](CC(=O)O)C4CC4)ccn3)CC2)c1. The van der Waals surface area contributed by atoms with E-state index in [0.29, 0.717) is 74.6 Å². The summed E-state index contributed by atoms with van der Waals surface area (Å²) in [5, 5.41) is 39.3. The fourth-order valence-electron chi connectivity index (χ4n) is 10.7. The Balaban J connectivity index is 0.879. The number of hydrogen-bond acceptors (Lipinski definition) is 13. The van der Waals surface area contributed by atoms with Crippen LogP contribution in [0.25, 0.3) is 0 Å². The highest BCUT2D eigenvalue weighted by Crippen LogP contribution is 2.45. The fourth-order valence-corrected chi connectivity index (χ4v) is 10.7. The number of aryl methyl sites for hydroxylation is 3. The molecule has 1 aliphatic carbocycles. The predicted molar refractivity (Wildman–Crippen MR) is 308 cm³/mol. The molecule has 2 aliphatic rings. The van der Waals surface area contributed by atoms with Gasteiger partial charge in [-0.05, 0) is 124 Å². The molecule has 1 saturated carbocycles. The van der Waals surface area contributed by atoms with Crippen molar-refractivity contribution in [3.05, 3.63) is 83.4 Å². The minimum absolute atomic E-state index is 0.0195. The molecule has 0 spiro atoms. The second kappa shape index (κ2) is 32.6. The molecule has 1 atom stereocenters. The number of hydrogen-bond donors (Lipinski definition) is 4. The molecular weight excluding hydrogens is 1020 g/mol. The molecule has 1 aliphatic heterocycles. The molecule has 2 fully saturated rings. The number of nitrogens with zero attached hydrogens (tertiary/aromatic N) is 8. The van der Waals surface area contributed by atoms with E-state index < -0.39 is 17.9 Å². The first kappa shape index (κ1) is 62.6. The number of unbranched alkanes of at least 4 members (excludes halogenated alkanes) is 11. The smallest absolute Gasteiger partial charge is 0.317 e. The van der Waals surface area contributed by atoms with Crippen LogP contribution in [-0.4, -0.2) is 134 Å². The van der Waals surface area contributed by atoms with E-state index in [1.54, 1.807) is 13.3 Å². The molecular formula is C61H89N9O10. The predicted octanol–water partition coefficient (Wildman–Crippen LogP) is 10.0. The molecule has 0 radical (unpaired) electrons. The Kier molecular flexibility index (Phi) is 25.5. The number of rotatable bonds is 39. The van der Waals surface area contributed by atoms with Gasteiger partial charge in [-0.1, -0.05) is 89.3 Å². The Labute approximate surface area is 473 Å². The normalized spacial score (nSPS) is 14.2. The van der Waals surface area contributed by atoms with Crippen molar-refractivity contribution in [3.8, 4) is 11.6 Å². The molecule has 6 rings (SSSR count). The number of carbonyl (C=O) groups is 5. The van der Waals surface area contributed by atoms with Gasteiger partial charge in [-0.3, -0.25) is 38.5 Å². The number of benzene rings is 1. The van der Waals surface area contributed by atoms with E-state index >= 15 is 4.79 Å². The van der Waals surface area contributed by atoms with Gasteiger partial charge in [0.15, 0.2) is 0 Å². The van der Waals surface area contributed by atoms with E-state index in [1.807, 2.05) is 65.0 Å². The zero-order valence-electron chi connectivity index (χ0n) is 48.0. The van der Waals surface area contributed by atoms with Crippen molar-refractivity contribution >= 4 is 41.2 Å². The summed E-state index contributed by atoms with van der Waals surface area (Å²) in [5.74, 6) is -0.587. The summed E-state index contributed by atoms with van der Waals surface area (Å²) in [7, 11) is 1.64. The van der Waals surface area contributed by atoms with Crippen LogP contribution in [0.15, 0.2) is 60.9 Å². The molecule has 0 unspecified atom stereocenters. The molecule has 80 heavy (non-hydrogen) atoms. The third-order valence-electron chi connectivity index (χ3n) is 15.5. The zero-order valence-corrected chi connectivity index (χ0v) is 48.0. The van der Waals surface area contributed by atoms with Crippen molar-refractivity contribution in [3.63, 3.8) is 0 Å². The number of ether oxygens (including phenoxy) is 2. The van der Waals surface area contributed by atoms with Crippen LogP contribution < -0.4 is 24.6 Å². The number of aliphatic carboxylic acids is 3. The molecule has 19 heteroatoms. The maximum atomic E-state index is 15.0. The van der Waals surface area contributed by atoms with Crippen LogP contribution in [0.4, 0.5) is 11.5 Å². The largest absolute Gasteiger partial charge is 0.497 e. The molecule has 1 aromatic carbocycles. The Morgan fingerprint density at radius 2 is 1.49 bits per heavy atom. The minimum Gasteiger partial charge on any atom is -0.497 e. The van der Waals surface area contributed by atoms with Crippen molar-refractivity contribution in [2.24, 2.45) is 17.3 Å². The second-order valence-corrected chi connectivity index (χ2v) is 23.0. The van der Waals surface area contributed by atoms with E-state index in [2.05, 4.69) is 45.6 Å². The molecule has 19 nitrogen and oxygen atoms in total. The highest BCUT2D eigenvalue weighted by atomic mass is 16.5. The number of nitrogens with one attached hydrogen (secondary N) is 1. The lowest BCUT2D eigenvalue weighted by atomic mass is 9.88. The summed E-state index contributed by atoms with van der Waals surface area (Å²) in [4.78, 5) is 75.4. The third-order valence-corrected chi connectivity index (χ3v) is 15.5. The summed E-state index contributed by atoms with van der Waals surface area (Å²) >= 11 is 0.